The van der Waals surface area contributed by atoms with Crippen LogP contribution in [0.25, 0.3) is 5.57 Å². The Balaban J connectivity index is 2.10. The van der Waals surface area contributed by atoms with Gasteiger partial charge in [-0.2, -0.15) is 0 Å². The summed E-state index contributed by atoms with van der Waals surface area (Å²) in [5, 5.41) is 10.2. The quantitative estimate of drug-likeness (QED) is 0.664. The number of nitrogens with zero attached hydrogens (tertiary/aromatic N) is 3. The molecule has 0 atom stereocenters. The van der Waals surface area contributed by atoms with Crippen LogP contribution >= 0.6 is 0 Å². The second-order valence-corrected chi connectivity index (χ2v) is 5.21. The second-order valence-electron chi connectivity index (χ2n) is 5.21. The van der Waals surface area contributed by atoms with E-state index in [1.54, 1.807) is 41.9 Å². The van der Waals surface area contributed by atoms with Crippen LogP contribution in [0.3, 0.4) is 0 Å². The summed E-state index contributed by atoms with van der Waals surface area (Å²) in [7, 11) is 1.80. The van der Waals surface area contributed by atoms with Gasteiger partial charge in [-0.15, -0.1) is 0 Å². The van der Waals surface area contributed by atoms with Gasteiger partial charge in [-0.1, -0.05) is 18.7 Å². The highest BCUT2D eigenvalue weighted by molar-refractivity contribution is 5.79. The van der Waals surface area contributed by atoms with Gasteiger partial charge in [-0.05, 0) is 25.1 Å². The summed E-state index contributed by atoms with van der Waals surface area (Å²) in [4.78, 5) is 18.5. The number of carbonyl (C=O) groups excluding carboxylic acids is 1. The Kier molecular flexibility index (Phi) is 6.13. The van der Waals surface area contributed by atoms with E-state index in [2.05, 4.69) is 11.6 Å². The van der Waals surface area contributed by atoms with Crippen molar-refractivity contribution >= 4 is 11.6 Å². The van der Waals surface area contributed by atoms with E-state index < -0.39 is 0 Å². The Morgan fingerprint density at radius 3 is 2.96 bits per heavy atom. The molecule has 0 aromatic carbocycles. The Morgan fingerprint density at radius 2 is 2.30 bits per heavy atom. The summed E-state index contributed by atoms with van der Waals surface area (Å²) in [6.07, 6.45) is 10.9. The van der Waals surface area contributed by atoms with E-state index in [-0.39, 0.29) is 12.1 Å². The molecule has 1 amide bonds. The highest BCUT2D eigenvalue weighted by Gasteiger charge is 2.23. The van der Waals surface area contributed by atoms with Gasteiger partial charge in [0.15, 0.2) is 0 Å². The largest absolute Gasteiger partial charge is 0.761 e. The SMILES string of the molecule is C=C/C(=C\C=C/N[O-])c1cn(C(=O)N(C)C2CCOCC2)cn1. The van der Waals surface area contributed by atoms with Crippen molar-refractivity contribution in [2.75, 3.05) is 20.3 Å². The third kappa shape index (κ3) is 4.30. The van der Waals surface area contributed by atoms with Gasteiger partial charge in [0, 0.05) is 38.1 Å². The highest BCUT2D eigenvalue weighted by atomic mass is 16.5. The fourth-order valence-electron chi connectivity index (χ4n) is 2.44. The smallest absolute Gasteiger partial charge is 0.329 e. The summed E-state index contributed by atoms with van der Waals surface area (Å²) in [6, 6.07) is 0.0541. The molecule has 1 aromatic heterocycles. The normalized spacial score (nSPS) is 16.5. The van der Waals surface area contributed by atoms with E-state index in [9.17, 15) is 10.0 Å². The van der Waals surface area contributed by atoms with E-state index >= 15 is 0 Å². The fraction of sp³-hybridized carbons (Fsp3) is 0.375. The van der Waals surface area contributed by atoms with Crippen molar-refractivity contribution in [3.63, 3.8) is 0 Å². The molecular weight excluding hydrogens is 296 g/mol. The molecular formula is C16H21N4O3-. The fourth-order valence-corrected chi connectivity index (χ4v) is 2.44. The molecule has 2 rings (SSSR count). The van der Waals surface area contributed by atoms with E-state index in [0.29, 0.717) is 18.9 Å². The third-order valence-electron chi connectivity index (χ3n) is 3.80. The number of allylic oxidation sites excluding steroid dienone is 4. The van der Waals surface area contributed by atoms with E-state index in [1.165, 1.54) is 17.1 Å². The van der Waals surface area contributed by atoms with Gasteiger partial charge < -0.3 is 20.3 Å². The van der Waals surface area contributed by atoms with Crippen molar-refractivity contribution in [1.29, 1.82) is 0 Å². The summed E-state index contributed by atoms with van der Waals surface area (Å²) in [6.45, 7) is 5.08. The van der Waals surface area contributed by atoms with Crippen LogP contribution < -0.4 is 5.48 Å². The maximum atomic E-state index is 12.5. The average Bonchev–Trinajstić information content (AvgIpc) is 3.08. The van der Waals surface area contributed by atoms with Gasteiger partial charge in [-0.25, -0.2) is 9.78 Å². The van der Waals surface area contributed by atoms with Crippen molar-refractivity contribution in [2.24, 2.45) is 0 Å². The van der Waals surface area contributed by atoms with Gasteiger partial charge in [0.1, 0.15) is 6.33 Å². The second kappa shape index (κ2) is 8.30. The first-order valence-corrected chi connectivity index (χ1v) is 7.43. The summed E-state index contributed by atoms with van der Waals surface area (Å²) in [5.74, 6) is 0. The van der Waals surface area contributed by atoms with Crippen LogP contribution in [0.1, 0.15) is 18.5 Å². The number of aromatic nitrogens is 2. The van der Waals surface area contributed by atoms with Crippen molar-refractivity contribution in [1.82, 2.24) is 19.9 Å². The lowest BCUT2D eigenvalue weighted by Gasteiger charge is -2.30. The van der Waals surface area contributed by atoms with Crippen LogP contribution in [-0.2, 0) is 4.74 Å². The first-order chi connectivity index (χ1) is 11.2. The molecule has 1 aromatic rings. The van der Waals surface area contributed by atoms with Crippen molar-refractivity contribution in [2.45, 2.75) is 18.9 Å². The highest BCUT2D eigenvalue weighted by Crippen LogP contribution is 2.16. The number of nitrogens with one attached hydrogen (secondary N) is 1. The topological polar surface area (TPSA) is 82.5 Å². The Hall–Kier alpha value is -2.38. The minimum atomic E-state index is -0.129. The number of imidazole rings is 1. The van der Waals surface area contributed by atoms with E-state index in [4.69, 9.17) is 4.74 Å². The Morgan fingerprint density at radius 1 is 1.57 bits per heavy atom. The molecule has 1 aliphatic rings. The van der Waals surface area contributed by atoms with Crippen molar-refractivity contribution in [3.8, 4) is 0 Å². The summed E-state index contributed by atoms with van der Waals surface area (Å²) in [5.41, 5.74) is 3.00. The molecule has 0 bridgehead atoms. The monoisotopic (exact) mass is 317 g/mol. The van der Waals surface area contributed by atoms with E-state index in [0.717, 1.165) is 18.4 Å². The zero-order valence-corrected chi connectivity index (χ0v) is 13.1. The number of rotatable bonds is 5. The lowest BCUT2D eigenvalue weighted by molar-refractivity contribution is 0.0528. The zero-order chi connectivity index (χ0) is 16.7. The molecule has 1 N–H and O–H groups in total. The van der Waals surface area contributed by atoms with Gasteiger partial charge in [-0.3, -0.25) is 4.57 Å². The van der Waals surface area contributed by atoms with Gasteiger partial charge >= 0.3 is 6.03 Å². The summed E-state index contributed by atoms with van der Waals surface area (Å²) >= 11 is 0. The molecule has 0 unspecified atom stereocenters. The molecule has 7 heteroatoms. The van der Waals surface area contributed by atoms with Crippen LogP contribution in [0.4, 0.5) is 4.79 Å². The molecule has 1 aliphatic heterocycles. The zero-order valence-electron chi connectivity index (χ0n) is 13.1. The van der Waals surface area contributed by atoms with Crippen LogP contribution in [-0.4, -0.2) is 46.8 Å². The van der Waals surface area contributed by atoms with Gasteiger partial charge in [0.25, 0.3) is 0 Å². The first kappa shape index (κ1) is 17.0. The number of hydrogen-bond acceptors (Lipinski definition) is 5. The standard InChI is InChI=1S/C16H21N4O3/c1-3-13(5-4-8-18-22)15-11-20(12-17-15)16(21)19(2)14-6-9-23-10-7-14/h3-5,8,11-12,14,18H,1,6-7,9-10H2,2H3/q-1/b8-4-,13-5+. The molecule has 0 aliphatic carbocycles. The van der Waals surface area contributed by atoms with Crippen LogP contribution in [0.5, 0.6) is 0 Å². The molecule has 1 saturated heterocycles. The molecule has 0 radical (unpaired) electrons. The maximum absolute atomic E-state index is 12.5. The molecule has 7 nitrogen and oxygen atoms in total. The number of ether oxygens (including phenoxy) is 1. The minimum Gasteiger partial charge on any atom is -0.761 e. The average molecular weight is 317 g/mol. The first-order valence-electron chi connectivity index (χ1n) is 7.43. The van der Waals surface area contributed by atoms with Crippen LogP contribution in [0.2, 0.25) is 0 Å². The number of hydrogen-bond donors (Lipinski definition) is 1. The van der Waals surface area contributed by atoms with Crippen molar-refractivity contribution in [3.05, 3.63) is 54.4 Å². The van der Waals surface area contributed by atoms with Crippen LogP contribution in [0.15, 0.2) is 43.5 Å². The third-order valence-corrected chi connectivity index (χ3v) is 3.80. The Bertz CT molecular complexity index is 600. The number of amides is 1. The predicted octanol–water partition coefficient (Wildman–Crippen LogP) is 2.13. The van der Waals surface area contributed by atoms with Gasteiger partial charge in [0.05, 0.1) is 5.69 Å². The summed E-state index contributed by atoms with van der Waals surface area (Å²) < 4.78 is 6.78. The molecule has 2 heterocycles. The lowest BCUT2D eigenvalue weighted by Crippen LogP contribution is -2.42. The molecule has 0 spiro atoms. The lowest BCUT2D eigenvalue weighted by atomic mass is 10.1. The predicted molar refractivity (Wildman–Crippen MR) is 88.4 cm³/mol. The number of hydroxylamine groups is 1. The van der Waals surface area contributed by atoms with Crippen molar-refractivity contribution < 1.29 is 9.53 Å². The van der Waals surface area contributed by atoms with E-state index in [1.807, 2.05) is 0 Å². The Labute approximate surface area is 135 Å². The molecule has 23 heavy (non-hydrogen) atoms. The number of carbonyl (C=O) groups is 1. The molecule has 1 fully saturated rings. The minimum absolute atomic E-state index is 0.129. The molecule has 124 valence electrons. The van der Waals surface area contributed by atoms with Crippen LogP contribution in [0, 0.1) is 5.21 Å². The maximum Gasteiger partial charge on any atom is 0.329 e. The van der Waals surface area contributed by atoms with Gasteiger partial charge in [0.2, 0.25) is 0 Å². The molecule has 0 saturated carbocycles.